The third-order valence-corrected chi connectivity index (χ3v) is 8.63. The molecule has 0 unspecified atom stereocenters. The van der Waals surface area contributed by atoms with E-state index in [1.54, 1.807) is 29.6 Å². The van der Waals surface area contributed by atoms with Gasteiger partial charge in [0.2, 0.25) is 10.0 Å². The van der Waals surface area contributed by atoms with Gasteiger partial charge in [-0.15, -0.1) is 11.3 Å². The fourth-order valence-electron chi connectivity index (χ4n) is 3.69. The molecule has 2 heterocycles. The lowest BCUT2D eigenvalue weighted by Gasteiger charge is -2.35. The van der Waals surface area contributed by atoms with Gasteiger partial charge in [-0.2, -0.15) is 4.31 Å². The molecule has 168 valence electrons. The van der Waals surface area contributed by atoms with E-state index in [-0.39, 0.29) is 28.7 Å². The highest BCUT2D eigenvalue weighted by Crippen LogP contribution is 2.28. The zero-order valence-corrected chi connectivity index (χ0v) is 19.5. The first-order valence-electron chi connectivity index (χ1n) is 10.2. The molecule has 0 saturated carbocycles. The van der Waals surface area contributed by atoms with Crippen molar-refractivity contribution in [1.29, 1.82) is 0 Å². The second kappa shape index (κ2) is 9.01. The lowest BCUT2D eigenvalue weighted by Crippen LogP contribution is -2.49. The van der Waals surface area contributed by atoms with Crippen molar-refractivity contribution in [1.82, 2.24) is 4.31 Å². The number of carbonyl (C=O) groups excluding carboxylic acids is 1. The molecular weight excluding hydrogens is 449 g/mol. The van der Waals surface area contributed by atoms with Crippen molar-refractivity contribution in [3.8, 4) is 0 Å². The van der Waals surface area contributed by atoms with Crippen LogP contribution in [0, 0.1) is 19.7 Å². The molecule has 1 aliphatic heterocycles. The number of hydrogen-bond acceptors (Lipinski definition) is 5. The second-order valence-electron chi connectivity index (χ2n) is 7.71. The van der Waals surface area contributed by atoms with Crippen molar-refractivity contribution in [3.05, 3.63) is 75.7 Å². The predicted molar refractivity (Wildman–Crippen MR) is 126 cm³/mol. The summed E-state index contributed by atoms with van der Waals surface area (Å²) in [7, 11) is -3.85. The fourth-order valence-corrected chi connectivity index (χ4v) is 6.41. The van der Waals surface area contributed by atoms with Gasteiger partial charge in [-0.3, -0.25) is 4.79 Å². The van der Waals surface area contributed by atoms with Crippen LogP contribution in [-0.4, -0.2) is 44.8 Å². The SMILES string of the molecule is Cc1ccc(NC(=O)c2sccc2S(=O)(=O)N2CCN(c3ccccc3F)CC2)cc1C. The monoisotopic (exact) mass is 473 g/mol. The smallest absolute Gasteiger partial charge is 0.267 e. The van der Waals surface area contributed by atoms with Crippen LogP contribution in [0.25, 0.3) is 0 Å². The fraction of sp³-hybridized carbons (Fsp3) is 0.261. The number of para-hydroxylation sites is 1. The number of benzene rings is 2. The Morgan fingerprint density at radius 1 is 1.00 bits per heavy atom. The van der Waals surface area contributed by atoms with Gasteiger partial charge in [-0.1, -0.05) is 18.2 Å². The molecule has 1 saturated heterocycles. The quantitative estimate of drug-likeness (QED) is 0.601. The first-order chi connectivity index (χ1) is 15.3. The normalized spacial score (nSPS) is 15.0. The van der Waals surface area contributed by atoms with Gasteiger partial charge < -0.3 is 10.2 Å². The Hall–Kier alpha value is -2.75. The molecule has 2 aromatic carbocycles. The van der Waals surface area contributed by atoms with E-state index in [1.807, 2.05) is 30.9 Å². The Kier molecular flexibility index (Phi) is 6.32. The maximum Gasteiger partial charge on any atom is 0.267 e. The minimum Gasteiger partial charge on any atom is -0.367 e. The minimum absolute atomic E-state index is 0.00294. The van der Waals surface area contributed by atoms with E-state index in [1.165, 1.54) is 16.4 Å². The van der Waals surface area contributed by atoms with Crippen LogP contribution in [-0.2, 0) is 10.0 Å². The molecule has 0 bridgehead atoms. The molecule has 3 aromatic rings. The lowest BCUT2D eigenvalue weighted by molar-refractivity contribution is 0.102. The van der Waals surface area contributed by atoms with Crippen molar-refractivity contribution in [2.24, 2.45) is 0 Å². The average molecular weight is 474 g/mol. The van der Waals surface area contributed by atoms with Crippen LogP contribution in [0.4, 0.5) is 15.8 Å². The summed E-state index contributed by atoms with van der Waals surface area (Å²) in [5, 5.41) is 4.41. The number of carbonyl (C=O) groups is 1. The van der Waals surface area contributed by atoms with Crippen LogP contribution in [0.2, 0.25) is 0 Å². The van der Waals surface area contributed by atoms with Crippen LogP contribution in [0.15, 0.2) is 58.8 Å². The Bertz CT molecular complexity index is 1250. The van der Waals surface area contributed by atoms with Crippen molar-refractivity contribution in [2.45, 2.75) is 18.7 Å². The number of rotatable bonds is 5. The third kappa shape index (κ3) is 4.41. The highest BCUT2D eigenvalue weighted by molar-refractivity contribution is 7.89. The molecule has 9 heteroatoms. The Morgan fingerprint density at radius 3 is 2.41 bits per heavy atom. The van der Waals surface area contributed by atoms with Gasteiger partial charge in [-0.25, -0.2) is 12.8 Å². The summed E-state index contributed by atoms with van der Waals surface area (Å²) in [6.07, 6.45) is 0. The van der Waals surface area contributed by atoms with Crippen LogP contribution in [0.3, 0.4) is 0 Å². The van der Waals surface area contributed by atoms with Crippen molar-refractivity contribution < 1.29 is 17.6 Å². The van der Waals surface area contributed by atoms with E-state index in [2.05, 4.69) is 5.32 Å². The van der Waals surface area contributed by atoms with Gasteiger partial charge in [-0.05, 0) is 60.7 Å². The third-order valence-electron chi connectivity index (χ3n) is 5.65. The lowest BCUT2D eigenvalue weighted by atomic mass is 10.1. The molecule has 1 aliphatic rings. The van der Waals surface area contributed by atoms with Gasteiger partial charge in [0.15, 0.2) is 0 Å². The number of nitrogens with zero attached hydrogens (tertiary/aromatic N) is 2. The summed E-state index contributed by atoms with van der Waals surface area (Å²) in [5.74, 6) is -0.779. The molecular formula is C23H24FN3O3S2. The maximum absolute atomic E-state index is 14.1. The maximum atomic E-state index is 14.1. The summed E-state index contributed by atoms with van der Waals surface area (Å²) >= 11 is 1.10. The second-order valence-corrected chi connectivity index (χ2v) is 10.5. The van der Waals surface area contributed by atoms with Crippen LogP contribution >= 0.6 is 11.3 Å². The molecule has 0 radical (unpaired) electrons. The van der Waals surface area contributed by atoms with Gasteiger partial charge >= 0.3 is 0 Å². The van der Waals surface area contributed by atoms with E-state index in [0.29, 0.717) is 24.5 Å². The van der Waals surface area contributed by atoms with Crippen molar-refractivity contribution in [2.75, 3.05) is 36.4 Å². The molecule has 1 amide bonds. The molecule has 1 aromatic heterocycles. The van der Waals surface area contributed by atoms with E-state index in [9.17, 15) is 17.6 Å². The number of nitrogens with one attached hydrogen (secondary N) is 1. The number of piperazine rings is 1. The molecule has 1 fully saturated rings. The summed E-state index contributed by atoms with van der Waals surface area (Å²) in [6, 6.07) is 13.5. The van der Waals surface area contributed by atoms with Crippen LogP contribution < -0.4 is 10.2 Å². The summed E-state index contributed by atoms with van der Waals surface area (Å²) in [4.78, 5) is 14.9. The summed E-state index contributed by atoms with van der Waals surface area (Å²) < 4.78 is 42.0. The number of sulfonamides is 1. The number of aryl methyl sites for hydroxylation is 2. The molecule has 0 atom stereocenters. The molecule has 4 rings (SSSR count). The Labute approximate surface area is 191 Å². The van der Waals surface area contributed by atoms with Crippen molar-refractivity contribution in [3.63, 3.8) is 0 Å². The van der Waals surface area contributed by atoms with Gasteiger partial charge in [0.05, 0.1) is 5.69 Å². The molecule has 32 heavy (non-hydrogen) atoms. The number of halogens is 1. The average Bonchev–Trinajstić information content (AvgIpc) is 3.28. The molecule has 6 nitrogen and oxygen atoms in total. The molecule has 1 N–H and O–H groups in total. The standard InChI is InChI=1S/C23H24FN3O3S2/c1-16-7-8-18(15-17(16)2)25-23(28)22-21(9-14-31-22)32(29,30)27-12-10-26(11-13-27)20-6-4-3-5-19(20)24/h3-9,14-15H,10-13H2,1-2H3,(H,25,28). The van der Waals surface area contributed by atoms with Crippen LogP contribution in [0.1, 0.15) is 20.8 Å². The Morgan fingerprint density at radius 2 is 1.72 bits per heavy atom. The van der Waals surface area contributed by atoms with Gasteiger partial charge in [0.1, 0.15) is 15.6 Å². The highest BCUT2D eigenvalue weighted by Gasteiger charge is 2.33. The van der Waals surface area contributed by atoms with E-state index >= 15 is 0 Å². The summed E-state index contributed by atoms with van der Waals surface area (Å²) in [6.45, 7) is 5.10. The summed E-state index contributed by atoms with van der Waals surface area (Å²) in [5.41, 5.74) is 3.23. The zero-order valence-electron chi connectivity index (χ0n) is 17.8. The number of hydrogen-bond donors (Lipinski definition) is 1. The molecule has 0 spiro atoms. The zero-order chi connectivity index (χ0) is 22.9. The van der Waals surface area contributed by atoms with E-state index in [4.69, 9.17) is 0 Å². The molecule has 0 aliphatic carbocycles. The number of thiophene rings is 1. The van der Waals surface area contributed by atoms with Gasteiger partial charge in [0, 0.05) is 31.9 Å². The first-order valence-corrected chi connectivity index (χ1v) is 12.5. The largest absolute Gasteiger partial charge is 0.367 e. The van der Waals surface area contributed by atoms with Crippen LogP contribution in [0.5, 0.6) is 0 Å². The number of amides is 1. The highest BCUT2D eigenvalue weighted by atomic mass is 32.2. The number of anilines is 2. The van der Waals surface area contributed by atoms with E-state index < -0.39 is 15.9 Å². The predicted octanol–water partition coefficient (Wildman–Crippen LogP) is 4.27. The first kappa shape index (κ1) is 22.4. The Balaban J connectivity index is 1.49. The van der Waals surface area contributed by atoms with Crippen molar-refractivity contribution >= 4 is 38.6 Å². The van der Waals surface area contributed by atoms with E-state index in [0.717, 1.165) is 22.5 Å². The van der Waals surface area contributed by atoms with Gasteiger partial charge in [0.25, 0.3) is 5.91 Å². The minimum atomic E-state index is -3.85. The topological polar surface area (TPSA) is 69.7 Å².